The minimum Gasteiger partial charge on any atom is -0.494 e. The van der Waals surface area contributed by atoms with Crippen LogP contribution in [0.2, 0.25) is 0 Å². The third kappa shape index (κ3) is 7.17. The molecule has 0 saturated carbocycles. The van der Waals surface area contributed by atoms with E-state index in [1.165, 1.54) is 5.57 Å². The summed E-state index contributed by atoms with van der Waals surface area (Å²) in [5, 5.41) is 3.49. The molecule has 3 N–H and O–H groups in total. The molecule has 0 aliphatic carbocycles. The van der Waals surface area contributed by atoms with Crippen molar-refractivity contribution >= 4 is 11.7 Å². The Labute approximate surface area is 226 Å². The van der Waals surface area contributed by atoms with Gasteiger partial charge in [0.2, 0.25) is 0 Å². The maximum atomic E-state index is 13.6. The number of hydrogen-bond acceptors (Lipinski definition) is 5. The van der Waals surface area contributed by atoms with Crippen LogP contribution in [0.3, 0.4) is 0 Å². The van der Waals surface area contributed by atoms with E-state index in [1.54, 1.807) is 4.57 Å². The van der Waals surface area contributed by atoms with Crippen molar-refractivity contribution in [3.63, 3.8) is 0 Å². The molecule has 1 atom stereocenters. The summed E-state index contributed by atoms with van der Waals surface area (Å²) in [5.74, 6) is 1.65. The van der Waals surface area contributed by atoms with Crippen LogP contribution in [0.15, 0.2) is 84.6 Å². The zero-order valence-corrected chi connectivity index (χ0v) is 22.5. The summed E-state index contributed by atoms with van der Waals surface area (Å²) in [6.45, 7) is 5.52. The van der Waals surface area contributed by atoms with E-state index in [0.717, 1.165) is 66.3 Å². The number of unbranched alkanes of at least 4 members (excludes halogenated alkanes) is 3. The monoisotopic (exact) mass is 511 g/mol. The molecule has 6 heteroatoms. The maximum Gasteiger partial charge on any atom is 0.359 e. The molecule has 0 saturated heterocycles. The van der Waals surface area contributed by atoms with Gasteiger partial charge in [0.05, 0.1) is 6.61 Å². The van der Waals surface area contributed by atoms with Gasteiger partial charge in [0.15, 0.2) is 6.04 Å². The number of fused-ring (bicyclic) bond motifs is 1. The Morgan fingerprint density at radius 1 is 1.11 bits per heavy atom. The van der Waals surface area contributed by atoms with Crippen LogP contribution in [0.4, 0.5) is 5.82 Å². The quantitative estimate of drug-likeness (QED) is 0.175. The number of carbonyl (C=O) groups excluding carboxylic acids is 1. The largest absolute Gasteiger partial charge is 0.494 e. The molecule has 2 heterocycles. The second-order valence-corrected chi connectivity index (χ2v) is 9.81. The van der Waals surface area contributed by atoms with E-state index in [9.17, 15) is 4.79 Å². The minimum absolute atomic E-state index is 0.0298. The Hall–Kier alpha value is -3.77. The van der Waals surface area contributed by atoms with Crippen LogP contribution in [0.1, 0.15) is 55.6 Å². The Morgan fingerprint density at radius 3 is 2.71 bits per heavy atom. The van der Waals surface area contributed by atoms with Crippen molar-refractivity contribution in [3.05, 3.63) is 95.9 Å². The molecule has 198 valence electrons. The highest BCUT2D eigenvalue weighted by Gasteiger charge is 2.41. The molecule has 0 amide bonds. The normalized spacial score (nSPS) is 15.1. The summed E-state index contributed by atoms with van der Waals surface area (Å²) in [4.78, 5) is 18.6. The zero-order valence-electron chi connectivity index (χ0n) is 22.5. The van der Waals surface area contributed by atoms with E-state index >= 15 is 0 Å². The van der Waals surface area contributed by atoms with Gasteiger partial charge >= 0.3 is 11.7 Å². The first-order valence-corrected chi connectivity index (χ1v) is 13.6. The molecule has 2 aromatic carbocycles. The third-order valence-electron chi connectivity index (χ3n) is 6.66. The topological polar surface area (TPSA) is 81.1 Å². The second kappa shape index (κ2) is 13.7. The van der Waals surface area contributed by atoms with Crippen molar-refractivity contribution in [1.82, 2.24) is 4.98 Å². The van der Waals surface area contributed by atoms with Crippen LogP contribution >= 0.6 is 0 Å². The van der Waals surface area contributed by atoms with Crippen molar-refractivity contribution in [3.8, 4) is 17.0 Å². The van der Waals surface area contributed by atoms with Gasteiger partial charge in [0.25, 0.3) is 0 Å². The van der Waals surface area contributed by atoms with Crippen LogP contribution in [0.25, 0.3) is 11.3 Å². The number of anilines is 1. The van der Waals surface area contributed by atoms with E-state index in [-0.39, 0.29) is 11.9 Å². The van der Waals surface area contributed by atoms with Crippen LogP contribution < -0.4 is 20.4 Å². The van der Waals surface area contributed by atoms with E-state index in [1.807, 2.05) is 73.8 Å². The molecule has 1 aromatic heterocycles. The van der Waals surface area contributed by atoms with E-state index in [0.29, 0.717) is 19.4 Å². The maximum absolute atomic E-state index is 13.6. The van der Waals surface area contributed by atoms with Crippen LogP contribution in [-0.2, 0) is 12.8 Å². The first-order valence-electron chi connectivity index (χ1n) is 13.6. The predicted octanol–water partition coefficient (Wildman–Crippen LogP) is 5.68. The highest BCUT2D eigenvalue weighted by Crippen LogP contribution is 2.25. The lowest BCUT2D eigenvalue weighted by Crippen LogP contribution is -2.44. The van der Waals surface area contributed by atoms with Gasteiger partial charge in [0.1, 0.15) is 23.3 Å². The number of allylic oxidation sites excluding steroid dienone is 4. The lowest BCUT2D eigenvalue weighted by molar-refractivity contribution is -0.552. The van der Waals surface area contributed by atoms with Crippen molar-refractivity contribution in [2.45, 2.75) is 58.4 Å². The molecule has 6 nitrogen and oxygen atoms in total. The van der Waals surface area contributed by atoms with Crippen LogP contribution in [-0.4, -0.2) is 30.1 Å². The van der Waals surface area contributed by atoms with Crippen molar-refractivity contribution in [2.75, 3.05) is 18.5 Å². The molecule has 1 aliphatic rings. The number of rotatable bonds is 13. The van der Waals surface area contributed by atoms with Crippen molar-refractivity contribution in [2.24, 2.45) is 5.73 Å². The van der Waals surface area contributed by atoms with Gasteiger partial charge in [-0.1, -0.05) is 79.1 Å². The van der Waals surface area contributed by atoms with Gasteiger partial charge in [-0.15, -0.1) is 0 Å². The number of ether oxygens (including phenoxy) is 1. The number of carbonyl (C=O) groups is 1. The molecular formula is C32H39N4O2+. The lowest BCUT2D eigenvalue weighted by atomic mass is 10.1. The van der Waals surface area contributed by atoms with Gasteiger partial charge in [0, 0.05) is 18.4 Å². The fraction of sp³-hybridized carbons (Fsp3) is 0.344. The number of benzene rings is 2. The molecule has 3 aromatic rings. The Bertz CT molecular complexity index is 1280. The standard InChI is InChI=1S/C32H38N4O2/c1-3-4-13-24(2)20-28-31-35-29(32(37)36(31)23-30(34-28)26-15-8-7-9-16-26)22-25-14-12-17-27(21-25)38-19-11-6-5-10-18-33/h3-4,7-9,12-17,21,23,29H,5-6,10-11,18-20,22,33H2,1-2H3/p+1/b4-3-,24-13+. The van der Waals surface area contributed by atoms with Gasteiger partial charge < -0.3 is 10.5 Å². The van der Waals surface area contributed by atoms with Gasteiger partial charge in [-0.05, 0) is 50.9 Å². The Morgan fingerprint density at radius 2 is 1.92 bits per heavy atom. The number of aromatic nitrogens is 2. The summed E-state index contributed by atoms with van der Waals surface area (Å²) in [6.07, 6.45) is 13.6. The molecule has 1 aliphatic heterocycles. The Kier molecular flexibility index (Phi) is 9.82. The third-order valence-corrected chi connectivity index (χ3v) is 6.66. The highest BCUT2D eigenvalue weighted by molar-refractivity contribution is 5.82. The zero-order chi connectivity index (χ0) is 26.7. The number of nitrogens with one attached hydrogen (secondary N) is 1. The fourth-order valence-electron chi connectivity index (χ4n) is 4.66. The smallest absolute Gasteiger partial charge is 0.359 e. The summed E-state index contributed by atoms with van der Waals surface area (Å²) < 4.78 is 7.73. The molecular weight excluding hydrogens is 472 g/mol. The number of nitrogens with zero attached hydrogens (tertiary/aromatic N) is 2. The molecule has 1 unspecified atom stereocenters. The molecule has 0 radical (unpaired) electrons. The fourth-order valence-corrected chi connectivity index (χ4v) is 4.66. The van der Waals surface area contributed by atoms with Gasteiger partial charge in [-0.3, -0.25) is 5.32 Å². The summed E-state index contributed by atoms with van der Waals surface area (Å²) >= 11 is 0. The average molecular weight is 512 g/mol. The average Bonchev–Trinajstić information content (AvgIpc) is 3.25. The Balaban J connectivity index is 1.52. The molecule has 38 heavy (non-hydrogen) atoms. The van der Waals surface area contributed by atoms with Crippen LogP contribution in [0.5, 0.6) is 5.75 Å². The summed E-state index contributed by atoms with van der Waals surface area (Å²) in [7, 11) is 0. The highest BCUT2D eigenvalue weighted by atomic mass is 16.5. The lowest BCUT2D eigenvalue weighted by Gasteiger charge is -2.09. The van der Waals surface area contributed by atoms with Crippen molar-refractivity contribution < 1.29 is 14.1 Å². The first-order chi connectivity index (χ1) is 18.6. The molecule has 4 rings (SSSR count). The van der Waals surface area contributed by atoms with Crippen molar-refractivity contribution in [1.29, 1.82) is 0 Å². The van der Waals surface area contributed by atoms with Gasteiger partial charge in [-0.2, -0.15) is 4.57 Å². The molecule has 0 spiro atoms. The predicted molar refractivity (Wildman–Crippen MR) is 153 cm³/mol. The second-order valence-electron chi connectivity index (χ2n) is 9.81. The summed E-state index contributed by atoms with van der Waals surface area (Å²) in [6, 6.07) is 17.7. The van der Waals surface area contributed by atoms with E-state index < -0.39 is 0 Å². The minimum atomic E-state index is -0.368. The molecule has 0 bridgehead atoms. The first kappa shape index (κ1) is 27.3. The SMILES string of the molecule is C/C=C\C=C(/C)Cc1nc(-c2ccccc2)c[n+]2c1NC(Cc1cccc(OCCCCCCN)c1)C2=O. The van der Waals surface area contributed by atoms with Crippen LogP contribution in [0, 0.1) is 0 Å². The molecule has 0 fully saturated rings. The summed E-state index contributed by atoms with van der Waals surface area (Å²) in [5.41, 5.74) is 10.5. The van der Waals surface area contributed by atoms with E-state index in [2.05, 4.69) is 24.4 Å². The van der Waals surface area contributed by atoms with E-state index in [4.69, 9.17) is 15.5 Å². The number of hydrogen-bond donors (Lipinski definition) is 2. The van der Waals surface area contributed by atoms with Gasteiger partial charge in [-0.25, -0.2) is 9.78 Å². The number of nitrogens with two attached hydrogens (primary N) is 1.